The van der Waals surface area contributed by atoms with Gasteiger partial charge in [0.2, 0.25) is 5.91 Å². The number of esters is 1. The molecule has 5 atom stereocenters. The van der Waals surface area contributed by atoms with Crippen LogP contribution in [0.1, 0.15) is 19.3 Å². The third-order valence-electron chi connectivity index (χ3n) is 5.91. The van der Waals surface area contributed by atoms with Crippen molar-refractivity contribution in [2.24, 2.45) is 29.6 Å². The first-order chi connectivity index (χ1) is 9.72. The van der Waals surface area contributed by atoms with Crippen molar-refractivity contribution < 1.29 is 19.1 Å². The molecule has 1 saturated heterocycles. The van der Waals surface area contributed by atoms with E-state index in [0.717, 1.165) is 11.8 Å². The van der Waals surface area contributed by atoms with Crippen LogP contribution in [0.4, 0.5) is 0 Å². The van der Waals surface area contributed by atoms with Gasteiger partial charge in [-0.25, -0.2) is 4.79 Å². The first-order valence-corrected chi connectivity index (χ1v) is 7.68. The summed E-state index contributed by atoms with van der Waals surface area (Å²) in [5.74, 6) is 2.78. The molecule has 0 radical (unpaired) electrons. The number of carbonyl (C=O) groups is 2. The first kappa shape index (κ1) is 12.6. The third kappa shape index (κ3) is 1.65. The number of hydrogen-bond donors (Lipinski definition) is 0. The first-order valence-electron chi connectivity index (χ1n) is 7.68. The Balaban J connectivity index is 1.49. The average Bonchev–Trinajstić information content (AvgIpc) is 2.93. The number of carbonyl (C=O) groups excluding carboxylic acids is 2. The standard InChI is InChI=1S/C15H21NO4/c1-19-15(18)10-7-20-5-4-16(10)14(17)13-11-8-2-3-9(6-8)12(11)13/h8-13H,2-7H2,1H3. The van der Waals surface area contributed by atoms with Crippen LogP contribution in [0.5, 0.6) is 0 Å². The topological polar surface area (TPSA) is 55.8 Å². The van der Waals surface area contributed by atoms with Crippen molar-refractivity contribution in [1.82, 2.24) is 4.90 Å². The average molecular weight is 279 g/mol. The van der Waals surface area contributed by atoms with Crippen molar-refractivity contribution in [3.8, 4) is 0 Å². The Morgan fingerprint density at radius 1 is 1.20 bits per heavy atom. The molecule has 4 aliphatic rings. The highest BCUT2D eigenvalue weighted by molar-refractivity contribution is 5.88. The molecular weight excluding hydrogens is 258 g/mol. The number of hydrogen-bond acceptors (Lipinski definition) is 4. The van der Waals surface area contributed by atoms with Gasteiger partial charge >= 0.3 is 5.97 Å². The monoisotopic (exact) mass is 279 g/mol. The highest BCUT2D eigenvalue weighted by atomic mass is 16.5. The van der Waals surface area contributed by atoms with Gasteiger partial charge in [0.1, 0.15) is 0 Å². The van der Waals surface area contributed by atoms with E-state index in [0.29, 0.717) is 25.0 Å². The molecule has 3 saturated carbocycles. The Hall–Kier alpha value is -1.10. The smallest absolute Gasteiger partial charge is 0.331 e. The quantitative estimate of drug-likeness (QED) is 0.698. The van der Waals surface area contributed by atoms with Crippen molar-refractivity contribution in [3.63, 3.8) is 0 Å². The van der Waals surface area contributed by atoms with Crippen LogP contribution in [0.2, 0.25) is 0 Å². The summed E-state index contributed by atoms with van der Waals surface area (Å²) in [4.78, 5) is 26.3. The molecule has 3 aliphatic carbocycles. The number of fused-ring (bicyclic) bond motifs is 5. The molecule has 1 amide bonds. The summed E-state index contributed by atoms with van der Waals surface area (Å²) in [6, 6.07) is -0.541. The lowest BCUT2D eigenvalue weighted by Crippen LogP contribution is -2.53. The van der Waals surface area contributed by atoms with Crippen LogP contribution in [0.25, 0.3) is 0 Å². The fraction of sp³-hybridized carbons (Fsp3) is 0.867. The molecule has 2 bridgehead atoms. The van der Waals surface area contributed by atoms with E-state index in [2.05, 4.69) is 0 Å². The predicted octanol–water partition coefficient (Wildman–Crippen LogP) is 0.679. The Labute approximate surface area is 118 Å². The zero-order chi connectivity index (χ0) is 13.9. The molecule has 0 aromatic rings. The van der Waals surface area contributed by atoms with Crippen LogP contribution in [0.15, 0.2) is 0 Å². The van der Waals surface area contributed by atoms with Crippen LogP contribution < -0.4 is 0 Å². The molecule has 5 unspecified atom stereocenters. The Morgan fingerprint density at radius 2 is 1.90 bits per heavy atom. The maximum Gasteiger partial charge on any atom is 0.331 e. The molecule has 0 aromatic carbocycles. The van der Waals surface area contributed by atoms with Gasteiger partial charge in [-0.15, -0.1) is 0 Å². The lowest BCUT2D eigenvalue weighted by Gasteiger charge is -2.34. The van der Waals surface area contributed by atoms with Crippen LogP contribution >= 0.6 is 0 Å². The fourth-order valence-corrected chi connectivity index (χ4v) is 5.05. The Kier molecular flexibility index (Phi) is 2.81. The van der Waals surface area contributed by atoms with E-state index < -0.39 is 6.04 Å². The zero-order valence-corrected chi connectivity index (χ0v) is 11.8. The van der Waals surface area contributed by atoms with Crippen LogP contribution in [0, 0.1) is 29.6 Å². The molecule has 0 spiro atoms. The highest BCUT2D eigenvalue weighted by Crippen LogP contribution is 2.69. The number of ether oxygens (including phenoxy) is 2. The van der Waals surface area contributed by atoms with E-state index in [4.69, 9.17) is 9.47 Å². The number of methoxy groups -OCH3 is 1. The summed E-state index contributed by atoms with van der Waals surface area (Å²) < 4.78 is 10.1. The number of nitrogens with zero attached hydrogens (tertiary/aromatic N) is 1. The van der Waals surface area contributed by atoms with E-state index in [1.54, 1.807) is 4.90 Å². The van der Waals surface area contributed by atoms with Gasteiger partial charge in [0, 0.05) is 12.5 Å². The minimum Gasteiger partial charge on any atom is -0.467 e. The van der Waals surface area contributed by atoms with Crippen LogP contribution in [-0.4, -0.2) is 49.7 Å². The minimum atomic E-state index is -0.541. The molecule has 20 heavy (non-hydrogen) atoms. The molecule has 5 nitrogen and oxygen atoms in total. The SMILES string of the molecule is COC(=O)C1COCCN1C(=O)C1C2C3CCC(C3)C12. The second-order valence-electron chi connectivity index (χ2n) is 6.66. The molecule has 0 N–H and O–H groups in total. The lowest BCUT2D eigenvalue weighted by atomic mass is 10.0. The summed E-state index contributed by atoms with van der Waals surface area (Å²) in [5.41, 5.74) is 0. The molecule has 1 aliphatic heterocycles. The van der Waals surface area contributed by atoms with E-state index in [1.165, 1.54) is 26.4 Å². The summed E-state index contributed by atoms with van der Waals surface area (Å²) >= 11 is 0. The molecule has 5 heteroatoms. The van der Waals surface area contributed by atoms with E-state index >= 15 is 0 Å². The zero-order valence-electron chi connectivity index (χ0n) is 11.8. The molecular formula is C15H21NO4. The summed E-state index contributed by atoms with van der Waals surface area (Å²) in [7, 11) is 1.37. The van der Waals surface area contributed by atoms with Crippen LogP contribution in [0.3, 0.4) is 0 Å². The summed E-state index contributed by atoms with van der Waals surface area (Å²) in [5, 5.41) is 0. The van der Waals surface area contributed by atoms with Crippen molar-refractivity contribution >= 4 is 11.9 Å². The summed E-state index contributed by atoms with van der Waals surface area (Å²) in [6.45, 7) is 1.31. The van der Waals surface area contributed by atoms with Gasteiger partial charge in [-0.2, -0.15) is 0 Å². The normalized spacial score (nSPS) is 45.1. The van der Waals surface area contributed by atoms with Gasteiger partial charge in [-0.05, 0) is 42.9 Å². The van der Waals surface area contributed by atoms with Crippen molar-refractivity contribution in [2.45, 2.75) is 25.3 Å². The van der Waals surface area contributed by atoms with Gasteiger partial charge in [-0.3, -0.25) is 4.79 Å². The second kappa shape index (κ2) is 4.45. The van der Waals surface area contributed by atoms with Gasteiger partial charge in [0.05, 0.1) is 20.3 Å². The van der Waals surface area contributed by atoms with Crippen molar-refractivity contribution in [3.05, 3.63) is 0 Å². The maximum atomic E-state index is 12.8. The number of rotatable bonds is 2. The molecule has 110 valence electrons. The highest BCUT2D eigenvalue weighted by Gasteiger charge is 2.68. The fourth-order valence-electron chi connectivity index (χ4n) is 5.05. The minimum absolute atomic E-state index is 0.176. The summed E-state index contributed by atoms with van der Waals surface area (Å²) in [6.07, 6.45) is 3.95. The lowest BCUT2D eigenvalue weighted by molar-refractivity contribution is -0.161. The van der Waals surface area contributed by atoms with E-state index in [-0.39, 0.29) is 24.4 Å². The van der Waals surface area contributed by atoms with Crippen LogP contribution in [-0.2, 0) is 19.1 Å². The molecule has 4 fully saturated rings. The largest absolute Gasteiger partial charge is 0.467 e. The van der Waals surface area contributed by atoms with Gasteiger partial charge < -0.3 is 14.4 Å². The Bertz CT molecular complexity index is 435. The van der Waals surface area contributed by atoms with E-state index in [9.17, 15) is 9.59 Å². The Morgan fingerprint density at radius 3 is 2.55 bits per heavy atom. The van der Waals surface area contributed by atoms with E-state index in [1.807, 2.05) is 0 Å². The third-order valence-corrected chi connectivity index (χ3v) is 5.91. The van der Waals surface area contributed by atoms with Crippen molar-refractivity contribution in [1.29, 1.82) is 0 Å². The maximum absolute atomic E-state index is 12.8. The van der Waals surface area contributed by atoms with Gasteiger partial charge in [-0.1, -0.05) is 0 Å². The van der Waals surface area contributed by atoms with Crippen molar-refractivity contribution in [2.75, 3.05) is 26.9 Å². The molecule has 4 rings (SSSR count). The van der Waals surface area contributed by atoms with Gasteiger partial charge in [0.15, 0.2) is 6.04 Å². The number of morpholine rings is 1. The van der Waals surface area contributed by atoms with Gasteiger partial charge in [0.25, 0.3) is 0 Å². The molecule has 1 heterocycles. The second-order valence-corrected chi connectivity index (χ2v) is 6.66. The number of amides is 1. The molecule has 0 aromatic heterocycles. The predicted molar refractivity (Wildman–Crippen MR) is 69.6 cm³/mol.